The quantitative estimate of drug-likeness (QED) is 0.485. The lowest BCUT2D eigenvalue weighted by atomic mass is 9.82. The Morgan fingerprint density at radius 1 is 0.971 bits per heavy atom. The van der Waals surface area contributed by atoms with Crippen molar-refractivity contribution in [2.45, 2.75) is 57.4 Å². The van der Waals surface area contributed by atoms with Crippen LogP contribution >= 0.6 is 0 Å². The average molecular weight is 479 g/mol. The zero-order valence-electron chi connectivity index (χ0n) is 20.2. The third kappa shape index (κ3) is 6.02. The van der Waals surface area contributed by atoms with Crippen LogP contribution in [0.5, 0.6) is 0 Å². The Bertz CT molecular complexity index is 1020. The summed E-state index contributed by atoms with van der Waals surface area (Å²) in [5.74, 6) is -0.793. The molecule has 2 amide bonds. The average Bonchev–Trinajstić information content (AvgIpc) is 3.19. The number of aliphatic carboxylic acids is 1. The molecule has 0 heterocycles. The van der Waals surface area contributed by atoms with Crippen LogP contribution < -0.4 is 10.6 Å². The van der Waals surface area contributed by atoms with Gasteiger partial charge in [-0.05, 0) is 60.3 Å². The fourth-order valence-corrected chi connectivity index (χ4v) is 5.27. The van der Waals surface area contributed by atoms with E-state index in [9.17, 15) is 14.4 Å². The van der Waals surface area contributed by atoms with Crippen LogP contribution in [-0.4, -0.2) is 42.3 Å². The minimum absolute atomic E-state index is 0.00672. The molecule has 0 saturated heterocycles. The summed E-state index contributed by atoms with van der Waals surface area (Å²) >= 11 is 0. The van der Waals surface area contributed by atoms with E-state index in [-0.39, 0.29) is 36.8 Å². The van der Waals surface area contributed by atoms with Gasteiger partial charge in [-0.25, -0.2) is 4.79 Å². The van der Waals surface area contributed by atoms with Gasteiger partial charge >= 0.3 is 12.1 Å². The van der Waals surface area contributed by atoms with E-state index in [0.717, 1.165) is 24.0 Å². The molecule has 7 nitrogen and oxygen atoms in total. The molecule has 4 rings (SSSR count). The lowest BCUT2D eigenvalue weighted by molar-refractivity contribution is -0.143. The highest BCUT2D eigenvalue weighted by Gasteiger charge is 2.29. The van der Waals surface area contributed by atoms with E-state index in [2.05, 4.69) is 34.9 Å². The maximum absolute atomic E-state index is 12.6. The number of carboxylic acid groups (broad SMARTS) is 1. The molecule has 0 aromatic heterocycles. The summed E-state index contributed by atoms with van der Waals surface area (Å²) in [6.07, 6.45) is 3.23. The molecule has 0 aliphatic heterocycles. The normalized spacial score (nSPS) is 19.8. The monoisotopic (exact) mass is 478 g/mol. The number of benzene rings is 2. The first-order valence-corrected chi connectivity index (χ1v) is 12.6. The highest BCUT2D eigenvalue weighted by Crippen LogP contribution is 2.44. The van der Waals surface area contributed by atoms with Crippen molar-refractivity contribution < 1.29 is 24.2 Å². The van der Waals surface area contributed by atoms with Gasteiger partial charge in [0.1, 0.15) is 6.61 Å². The highest BCUT2D eigenvalue weighted by atomic mass is 16.5. The van der Waals surface area contributed by atoms with Gasteiger partial charge in [0.15, 0.2) is 0 Å². The lowest BCUT2D eigenvalue weighted by Crippen LogP contribution is -2.40. The zero-order valence-corrected chi connectivity index (χ0v) is 20.2. The topological polar surface area (TPSA) is 105 Å². The van der Waals surface area contributed by atoms with Crippen molar-refractivity contribution in [3.63, 3.8) is 0 Å². The molecule has 0 radical (unpaired) electrons. The van der Waals surface area contributed by atoms with E-state index in [1.54, 1.807) is 0 Å². The van der Waals surface area contributed by atoms with Crippen molar-refractivity contribution in [1.82, 2.24) is 10.6 Å². The van der Waals surface area contributed by atoms with Crippen LogP contribution in [0.15, 0.2) is 48.5 Å². The molecule has 35 heavy (non-hydrogen) atoms. The molecule has 1 unspecified atom stereocenters. The Kier molecular flexibility index (Phi) is 8.06. The lowest BCUT2D eigenvalue weighted by Gasteiger charge is -2.26. The van der Waals surface area contributed by atoms with Gasteiger partial charge < -0.3 is 20.5 Å². The summed E-state index contributed by atoms with van der Waals surface area (Å²) in [4.78, 5) is 36.1. The number of amides is 2. The van der Waals surface area contributed by atoms with Crippen molar-refractivity contribution in [2.75, 3.05) is 13.2 Å². The van der Waals surface area contributed by atoms with E-state index < -0.39 is 12.1 Å². The van der Waals surface area contributed by atoms with Gasteiger partial charge in [0.05, 0.1) is 5.92 Å². The number of fused-ring (bicyclic) bond motifs is 3. The van der Waals surface area contributed by atoms with E-state index in [0.29, 0.717) is 31.7 Å². The second kappa shape index (κ2) is 11.4. The van der Waals surface area contributed by atoms with Crippen LogP contribution in [0.25, 0.3) is 11.1 Å². The smallest absolute Gasteiger partial charge is 0.407 e. The van der Waals surface area contributed by atoms with Gasteiger partial charge in [0, 0.05) is 24.9 Å². The number of carboxylic acids is 1. The molecule has 2 aromatic carbocycles. The van der Waals surface area contributed by atoms with E-state index in [1.165, 1.54) is 11.1 Å². The summed E-state index contributed by atoms with van der Waals surface area (Å²) in [6, 6.07) is 16.1. The molecule has 3 N–H and O–H groups in total. The molecule has 7 heteroatoms. The largest absolute Gasteiger partial charge is 0.481 e. The number of hydrogen-bond donors (Lipinski definition) is 3. The van der Waals surface area contributed by atoms with Gasteiger partial charge in [0.2, 0.25) is 5.91 Å². The summed E-state index contributed by atoms with van der Waals surface area (Å²) in [6.45, 7) is 2.71. The van der Waals surface area contributed by atoms with Crippen LogP contribution in [0.1, 0.15) is 62.5 Å². The van der Waals surface area contributed by atoms with Gasteiger partial charge in [-0.2, -0.15) is 0 Å². The minimum atomic E-state index is -0.724. The summed E-state index contributed by atoms with van der Waals surface area (Å²) in [7, 11) is 0. The Morgan fingerprint density at radius 2 is 1.57 bits per heavy atom. The first-order chi connectivity index (χ1) is 17.0. The third-order valence-electron chi connectivity index (χ3n) is 7.37. The molecule has 2 aliphatic carbocycles. The molecule has 0 spiro atoms. The zero-order chi connectivity index (χ0) is 24.8. The van der Waals surface area contributed by atoms with Crippen LogP contribution in [0.4, 0.5) is 4.79 Å². The number of carbonyl (C=O) groups is 3. The van der Waals surface area contributed by atoms with Gasteiger partial charge in [-0.15, -0.1) is 0 Å². The fraction of sp³-hybridized carbons (Fsp3) is 0.464. The van der Waals surface area contributed by atoms with Crippen molar-refractivity contribution in [3.8, 4) is 11.1 Å². The molecular formula is C28H34N2O5. The van der Waals surface area contributed by atoms with Crippen LogP contribution in [0.2, 0.25) is 0 Å². The maximum Gasteiger partial charge on any atom is 0.407 e. The van der Waals surface area contributed by atoms with Crippen LogP contribution in [0.3, 0.4) is 0 Å². The molecular weight excluding hydrogens is 444 g/mol. The Hall–Kier alpha value is -3.35. The molecule has 1 saturated carbocycles. The summed E-state index contributed by atoms with van der Waals surface area (Å²) < 4.78 is 5.61. The molecule has 186 valence electrons. The number of ether oxygens (including phenoxy) is 1. The van der Waals surface area contributed by atoms with Crippen LogP contribution in [-0.2, 0) is 14.3 Å². The highest BCUT2D eigenvalue weighted by molar-refractivity contribution is 5.79. The number of carbonyl (C=O) groups excluding carboxylic acids is 2. The summed E-state index contributed by atoms with van der Waals surface area (Å²) in [5.41, 5.74) is 4.67. The predicted molar refractivity (Wildman–Crippen MR) is 133 cm³/mol. The standard InChI is InChI=1S/C28H34N2O5/c1-2-20(15-26(31)29-16-18-11-13-19(14-12-18)27(32)33)30-28(34)35-17-25-23-9-5-3-7-21(23)22-8-4-6-10-24(22)25/h3-10,18-20,25H,2,11-17H2,1H3,(H,29,31)(H,30,34)(H,32,33). The molecule has 2 aromatic rings. The van der Waals surface area contributed by atoms with Crippen molar-refractivity contribution in [2.24, 2.45) is 11.8 Å². The van der Waals surface area contributed by atoms with Gasteiger partial charge in [-0.1, -0.05) is 55.5 Å². The Labute approximate surface area is 206 Å². The predicted octanol–water partition coefficient (Wildman–Crippen LogP) is 4.70. The van der Waals surface area contributed by atoms with E-state index in [4.69, 9.17) is 9.84 Å². The van der Waals surface area contributed by atoms with Crippen molar-refractivity contribution in [3.05, 3.63) is 59.7 Å². The molecule has 2 aliphatic rings. The van der Waals surface area contributed by atoms with E-state index >= 15 is 0 Å². The SMILES string of the molecule is CCC(CC(=O)NCC1CCC(C(=O)O)CC1)NC(=O)OCC1c2ccccc2-c2ccccc21. The Morgan fingerprint density at radius 3 is 2.14 bits per heavy atom. The van der Waals surface area contributed by atoms with Crippen molar-refractivity contribution >= 4 is 18.0 Å². The minimum Gasteiger partial charge on any atom is -0.481 e. The second-order valence-electron chi connectivity index (χ2n) is 9.64. The Balaban J connectivity index is 1.23. The van der Waals surface area contributed by atoms with E-state index in [1.807, 2.05) is 31.2 Å². The van der Waals surface area contributed by atoms with Gasteiger partial charge in [0.25, 0.3) is 0 Å². The first-order valence-electron chi connectivity index (χ1n) is 12.6. The first kappa shape index (κ1) is 24.8. The third-order valence-corrected chi connectivity index (χ3v) is 7.37. The molecule has 1 fully saturated rings. The molecule has 1 atom stereocenters. The maximum atomic E-state index is 12.6. The fourth-order valence-electron chi connectivity index (χ4n) is 5.27. The number of hydrogen-bond acceptors (Lipinski definition) is 4. The summed E-state index contributed by atoms with van der Waals surface area (Å²) in [5, 5.41) is 14.9. The number of nitrogens with one attached hydrogen (secondary N) is 2. The second-order valence-corrected chi connectivity index (χ2v) is 9.64. The number of rotatable bonds is 9. The number of alkyl carbamates (subject to hydrolysis) is 1. The van der Waals surface area contributed by atoms with Crippen molar-refractivity contribution in [1.29, 1.82) is 0 Å². The van der Waals surface area contributed by atoms with Crippen LogP contribution in [0, 0.1) is 11.8 Å². The van der Waals surface area contributed by atoms with Gasteiger partial charge in [-0.3, -0.25) is 9.59 Å². The molecule has 0 bridgehead atoms.